The van der Waals surface area contributed by atoms with Crippen molar-refractivity contribution < 1.29 is 19.2 Å². The largest absolute Gasteiger partial charge is 0.334 e. The molecular weight excluding hydrogens is 386 g/mol. The number of allylic oxidation sites excluding steroid dienone is 3. The number of amides is 5. The van der Waals surface area contributed by atoms with Crippen LogP contribution in [0.3, 0.4) is 0 Å². The van der Waals surface area contributed by atoms with Gasteiger partial charge in [0, 0.05) is 38.3 Å². The number of urea groups is 1. The van der Waals surface area contributed by atoms with Gasteiger partial charge in [0.2, 0.25) is 11.8 Å². The molecule has 1 fully saturated rings. The van der Waals surface area contributed by atoms with E-state index in [0.717, 1.165) is 11.1 Å². The highest BCUT2D eigenvalue weighted by molar-refractivity contribution is 6.05. The first kappa shape index (κ1) is 21.0. The minimum absolute atomic E-state index is 0.214. The highest BCUT2D eigenvalue weighted by atomic mass is 16.2. The maximum atomic E-state index is 12.8. The Kier molecular flexibility index (Phi) is 6.41. The van der Waals surface area contributed by atoms with Gasteiger partial charge in [-0.05, 0) is 29.7 Å². The van der Waals surface area contributed by atoms with Gasteiger partial charge in [0.15, 0.2) is 0 Å². The van der Waals surface area contributed by atoms with E-state index in [1.54, 1.807) is 19.2 Å². The van der Waals surface area contributed by atoms with Crippen molar-refractivity contribution >= 4 is 30.0 Å². The minimum atomic E-state index is -0.648. The summed E-state index contributed by atoms with van der Waals surface area (Å²) >= 11 is 0. The molecule has 0 aliphatic carbocycles. The zero-order valence-electron chi connectivity index (χ0n) is 16.6. The molecule has 3 N–H and O–H groups in total. The van der Waals surface area contributed by atoms with Crippen molar-refractivity contribution in [2.75, 3.05) is 7.05 Å². The molecule has 1 saturated heterocycles. The van der Waals surface area contributed by atoms with Gasteiger partial charge in [0.1, 0.15) is 6.04 Å². The molecule has 9 nitrogen and oxygen atoms in total. The molecule has 2 heterocycles. The Bertz CT molecular complexity index is 966. The Morgan fingerprint density at radius 1 is 1.37 bits per heavy atom. The molecule has 5 amide bonds. The maximum Gasteiger partial charge on any atom is 0.319 e. The van der Waals surface area contributed by atoms with Gasteiger partial charge in [-0.25, -0.2) is 4.79 Å². The second-order valence-electron chi connectivity index (χ2n) is 6.94. The minimum Gasteiger partial charge on any atom is -0.334 e. The first-order valence-corrected chi connectivity index (χ1v) is 9.49. The molecule has 1 aromatic carbocycles. The Balaban J connectivity index is 1.63. The lowest BCUT2D eigenvalue weighted by atomic mass is 10.0. The van der Waals surface area contributed by atoms with E-state index in [1.807, 2.05) is 12.1 Å². The summed E-state index contributed by atoms with van der Waals surface area (Å²) in [6.07, 6.45) is 5.19. The van der Waals surface area contributed by atoms with Crippen LogP contribution in [0.1, 0.15) is 34.3 Å². The van der Waals surface area contributed by atoms with Crippen molar-refractivity contribution in [2.45, 2.75) is 32.0 Å². The molecular formula is C21H23N5O4. The molecule has 2 aliphatic rings. The van der Waals surface area contributed by atoms with Crippen LogP contribution in [0.2, 0.25) is 0 Å². The first-order chi connectivity index (χ1) is 14.4. The summed E-state index contributed by atoms with van der Waals surface area (Å²) in [7, 11) is 1.59. The predicted octanol–water partition coefficient (Wildman–Crippen LogP) is 1.02. The molecule has 1 atom stereocenters. The van der Waals surface area contributed by atoms with E-state index in [2.05, 4.69) is 27.5 Å². The van der Waals surface area contributed by atoms with Crippen LogP contribution in [0.5, 0.6) is 0 Å². The van der Waals surface area contributed by atoms with Crippen molar-refractivity contribution in [2.24, 2.45) is 4.99 Å². The van der Waals surface area contributed by atoms with Crippen LogP contribution in [0.25, 0.3) is 0 Å². The number of piperidine rings is 1. The SMILES string of the molecule is C=C/C=C(\C=NC)NC(=O)NCc1ccc2c(c1)C(=O)N(C1CCC(=O)NC1=O)C2. The summed E-state index contributed by atoms with van der Waals surface area (Å²) in [5.41, 5.74) is 2.56. The number of nitrogens with zero attached hydrogens (tertiary/aromatic N) is 2. The number of hydrogen-bond acceptors (Lipinski definition) is 5. The Morgan fingerprint density at radius 3 is 2.87 bits per heavy atom. The normalized spacial score (nSPS) is 19.0. The molecule has 156 valence electrons. The van der Waals surface area contributed by atoms with Crippen molar-refractivity contribution in [3.63, 3.8) is 0 Å². The molecule has 9 heteroatoms. The number of nitrogens with one attached hydrogen (secondary N) is 3. The summed E-state index contributed by atoms with van der Waals surface area (Å²) in [6, 6.07) is 4.30. The van der Waals surface area contributed by atoms with Crippen LogP contribution in [-0.2, 0) is 22.7 Å². The van der Waals surface area contributed by atoms with Gasteiger partial charge in [-0.1, -0.05) is 24.8 Å². The van der Waals surface area contributed by atoms with E-state index in [0.29, 0.717) is 24.2 Å². The fraction of sp³-hybridized carbons (Fsp3) is 0.286. The molecule has 1 aromatic rings. The topological polar surface area (TPSA) is 120 Å². The van der Waals surface area contributed by atoms with Gasteiger partial charge in [-0.3, -0.25) is 24.7 Å². The van der Waals surface area contributed by atoms with Crippen molar-refractivity contribution in [1.29, 1.82) is 0 Å². The fourth-order valence-electron chi connectivity index (χ4n) is 3.45. The summed E-state index contributed by atoms with van der Waals surface area (Å²) in [4.78, 5) is 53.7. The number of benzene rings is 1. The van der Waals surface area contributed by atoms with Crippen molar-refractivity contribution in [1.82, 2.24) is 20.9 Å². The number of aliphatic imine (C=N–C) groups is 1. The standard InChI is InChI=1S/C21H23N5O4/c1-3-4-15(11-22-2)24-21(30)23-10-13-5-6-14-12-26(20(29)16(14)9-13)17-7-8-18(27)25-19(17)28/h3-6,9,11,17H,1,7-8,10,12H2,2H3,(H2,23,24,30)(H,25,27,28)/b15-4+,22-11?. The van der Waals surface area contributed by atoms with E-state index in [-0.39, 0.29) is 24.8 Å². The van der Waals surface area contributed by atoms with Crippen LogP contribution in [0.15, 0.2) is 47.6 Å². The van der Waals surface area contributed by atoms with Crippen molar-refractivity contribution in [3.8, 4) is 0 Å². The smallest absolute Gasteiger partial charge is 0.319 e. The third kappa shape index (κ3) is 4.62. The average Bonchev–Trinajstić information content (AvgIpc) is 3.03. The Labute approximate surface area is 173 Å². The molecule has 0 bridgehead atoms. The molecule has 0 radical (unpaired) electrons. The van der Waals surface area contributed by atoms with Gasteiger partial charge < -0.3 is 15.5 Å². The van der Waals surface area contributed by atoms with E-state index < -0.39 is 18.0 Å². The van der Waals surface area contributed by atoms with Gasteiger partial charge in [0.25, 0.3) is 5.91 Å². The summed E-state index contributed by atoms with van der Waals surface area (Å²) in [5, 5.41) is 7.66. The number of fused-ring (bicyclic) bond motifs is 1. The Morgan fingerprint density at radius 2 is 2.17 bits per heavy atom. The van der Waals surface area contributed by atoms with Crippen LogP contribution in [-0.4, -0.2) is 48.0 Å². The average molecular weight is 409 g/mol. The van der Waals surface area contributed by atoms with Crippen LogP contribution in [0, 0.1) is 0 Å². The van der Waals surface area contributed by atoms with E-state index >= 15 is 0 Å². The van der Waals surface area contributed by atoms with E-state index in [1.165, 1.54) is 17.2 Å². The predicted molar refractivity (Wildman–Crippen MR) is 111 cm³/mol. The zero-order valence-corrected chi connectivity index (χ0v) is 16.6. The summed E-state index contributed by atoms with van der Waals surface area (Å²) in [6.45, 7) is 4.12. The van der Waals surface area contributed by atoms with Crippen molar-refractivity contribution in [3.05, 3.63) is 59.3 Å². The Hall–Kier alpha value is -3.75. The first-order valence-electron chi connectivity index (χ1n) is 9.49. The number of hydrogen-bond donors (Lipinski definition) is 3. The van der Waals surface area contributed by atoms with Crippen LogP contribution >= 0.6 is 0 Å². The molecule has 3 rings (SSSR count). The second-order valence-corrected chi connectivity index (χ2v) is 6.94. The zero-order chi connectivity index (χ0) is 21.7. The third-order valence-electron chi connectivity index (χ3n) is 4.87. The van der Waals surface area contributed by atoms with Crippen LogP contribution < -0.4 is 16.0 Å². The summed E-state index contributed by atoms with van der Waals surface area (Å²) < 4.78 is 0. The van der Waals surface area contributed by atoms with Gasteiger partial charge >= 0.3 is 6.03 Å². The fourth-order valence-corrected chi connectivity index (χ4v) is 3.45. The van der Waals surface area contributed by atoms with E-state index in [9.17, 15) is 19.2 Å². The quantitative estimate of drug-likeness (QED) is 0.369. The molecule has 1 unspecified atom stereocenters. The van der Waals surface area contributed by atoms with Crippen LogP contribution in [0.4, 0.5) is 4.79 Å². The molecule has 30 heavy (non-hydrogen) atoms. The highest BCUT2D eigenvalue weighted by Crippen LogP contribution is 2.28. The van der Waals surface area contributed by atoms with E-state index in [4.69, 9.17) is 0 Å². The molecule has 0 saturated carbocycles. The van der Waals surface area contributed by atoms with Gasteiger partial charge in [-0.2, -0.15) is 0 Å². The van der Waals surface area contributed by atoms with Gasteiger partial charge in [-0.15, -0.1) is 0 Å². The van der Waals surface area contributed by atoms with Gasteiger partial charge in [0.05, 0.1) is 5.70 Å². The number of imide groups is 1. The molecule has 2 aliphatic heterocycles. The maximum absolute atomic E-state index is 12.8. The molecule has 0 aromatic heterocycles. The number of rotatable bonds is 6. The monoisotopic (exact) mass is 409 g/mol. The number of carbonyl (C=O) groups excluding carboxylic acids is 4. The third-order valence-corrected chi connectivity index (χ3v) is 4.87. The molecule has 0 spiro atoms. The lowest BCUT2D eigenvalue weighted by Crippen LogP contribution is -2.52. The lowest BCUT2D eigenvalue weighted by molar-refractivity contribution is -0.136. The highest BCUT2D eigenvalue weighted by Gasteiger charge is 2.39. The lowest BCUT2D eigenvalue weighted by Gasteiger charge is -2.29. The summed E-state index contributed by atoms with van der Waals surface area (Å²) in [5.74, 6) is -1.01. The number of carbonyl (C=O) groups is 4. The second kappa shape index (κ2) is 9.17.